The van der Waals surface area contributed by atoms with Gasteiger partial charge in [-0.2, -0.15) is 11.8 Å². The lowest BCUT2D eigenvalue weighted by atomic mass is 9.89. The standard InChI is InChI=1S/C18H26N2S/c1-2-6-15(7-3-1)17-12-19-18(9-4-5-10-18)14-20(17)16-8-11-21-13-16/h1-3,6-7,16-17,19H,4-5,8-14H2. The number of hydrogen-bond acceptors (Lipinski definition) is 3. The van der Waals surface area contributed by atoms with Crippen molar-refractivity contribution in [2.75, 3.05) is 24.6 Å². The molecule has 1 aliphatic carbocycles. The summed E-state index contributed by atoms with van der Waals surface area (Å²) in [6.45, 7) is 2.39. The minimum Gasteiger partial charge on any atom is -0.308 e. The van der Waals surface area contributed by atoms with Gasteiger partial charge in [0, 0.05) is 36.5 Å². The van der Waals surface area contributed by atoms with Gasteiger partial charge in [0.15, 0.2) is 0 Å². The maximum absolute atomic E-state index is 3.95. The van der Waals surface area contributed by atoms with Gasteiger partial charge in [0.1, 0.15) is 0 Å². The number of hydrogen-bond donors (Lipinski definition) is 1. The molecule has 3 fully saturated rings. The summed E-state index contributed by atoms with van der Waals surface area (Å²) in [7, 11) is 0. The molecule has 2 atom stereocenters. The van der Waals surface area contributed by atoms with E-state index < -0.39 is 0 Å². The van der Waals surface area contributed by atoms with E-state index in [-0.39, 0.29) is 0 Å². The van der Waals surface area contributed by atoms with E-state index in [0.29, 0.717) is 11.6 Å². The Morgan fingerprint density at radius 1 is 1.14 bits per heavy atom. The largest absolute Gasteiger partial charge is 0.308 e. The molecule has 1 saturated carbocycles. The van der Waals surface area contributed by atoms with Crippen molar-refractivity contribution < 1.29 is 0 Å². The molecular formula is C18H26N2S. The van der Waals surface area contributed by atoms with Crippen molar-refractivity contribution >= 4 is 11.8 Å². The number of nitrogens with zero attached hydrogens (tertiary/aromatic N) is 1. The van der Waals surface area contributed by atoms with Crippen molar-refractivity contribution in [3.63, 3.8) is 0 Å². The molecule has 2 saturated heterocycles. The van der Waals surface area contributed by atoms with Gasteiger partial charge in [0.25, 0.3) is 0 Å². The van der Waals surface area contributed by atoms with Crippen molar-refractivity contribution in [3.05, 3.63) is 35.9 Å². The van der Waals surface area contributed by atoms with E-state index in [1.165, 1.54) is 55.7 Å². The van der Waals surface area contributed by atoms with E-state index >= 15 is 0 Å². The first-order valence-electron chi connectivity index (χ1n) is 8.50. The molecule has 2 heterocycles. The maximum atomic E-state index is 3.95. The highest BCUT2D eigenvalue weighted by Gasteiger charge is 2.43. The van der Waals surface area contributed by atoms with Crippen LogP contribution < -0.4 is 5.32 Å². The van der Waals surface area contributed by atoms with Crippen LogP contribution >= 0.6 is 11.8 Å². The van der Waals surface area contributed by atoms with E-state index in [4.69, 9.17) is 0 Å². The minimum atomic E-state index is 0.429. The van der Waals surface area contributed by atoms with E-state index in [0.717, 1.165) is 12.6 Å². The fourth-order valence-corrected chi connectivity index (χ4v) is 5.72. The molecule has 3 aliphatic rings. The molecule has 1 N–H and O–H groups in total. The smallest absolute Gasteiger partial charge is 0.0476 e. The molecule has 2 aliphatic heterocycles. The van der Waals surface area contributed by atoms with Gasteiger partial charge in [-0.3, -0.25) is 4.90 Å². The third-order valence-corrected chi connectivity index (χ3v) is 6.82. The molecule has 2 nitrogen and oxygen atoms in total. The molecule has 0 radical (unpaired) electrons. The molecule has 0 amide bonds. The van der Waals surface area contributed by atoms with Gasteiger partial charge in [-0.25, -0.2) is 0 Å². The third-order valence-electron chi connectivity index (χ3n) is 5.68. The van der Waals surface area contributed by atoms with Gasteiger partial charge in [-0.15, -0.1) is 0 Å². The summed E-state index contributed by atoms with van der Waals surface area (Å²) >= 11 is 2.14. The number of thioether (sulfide) groups is 1. The van der Waals surface area contributed by atoms with Gasteiger partial charge in [-0.05, 0) is 30.6 Å². The van der Waals surface area contributed by atoms with Crippen LogP contribution in [0.1, 0.15) is 43.7 Å². The summed E-state index contributed by atoms with van der Waals surface area (Å²) in [5, 5.41) is 3.95. The Kier molecular flexibility index (Phi) is 3.99. The van der Waals surface area contributed by atoms with Crippen LogP contribution in [0.5, 0.6) is 0 Å². The maximum Gasteiger partial charge on any atom is 0.0476 e. The van der Waals surface area contributed by atoms with Crippen molar-refractivity contribution in [2.45, 2.75) is 49.7 Å². The first kappa shape index (κ1) is 14.1. The summed E-state index contributed by atoms with van der Waals surface area (Å²) in [5.41, 5.74) is 1.92. The highest BCUT2D eigenvalue weighted by molar-refractivity contribution is 7.99. The Labute approximate surface area is 132 Å². The topological polar surface area (TPSA) is 15.3 Å². The third kappa shape index (κ3) is 2.76. The van der Waals surface area contributed by atoms with Gasteiger partial charge in [0.2, 0.25) is 0 Å². The van der Waals surface area contributed by atoms with Gasteiger partial charge >= 0.3 is 0 Å². The molecule has 114 valence electrons. The Balaban J connectivity index is 1.60. The zero-order valence-electron chi connectivity index (χ0n) is 12.8. The van der Waals surface area contributed by atoms with Crippen LogP contribution in [-0.2, 0) is 0 Å². The van der Waals surface area contributed by atoms with E-state index in [9.17, 15) is 0 Å². The van der Waals surface area contributed by atoms with Gasteiger partial charge < -0.3 is 5.32 Å². The Bertz CT molecular complexity index is 463. The fourth-order valence-electron chi connectivity index (χ4n) is 4.48. The predicted molar refractivity (Wildman–Crippen MR) is 90.8 cm³/mol. The zero-order chi connectivity index (χ0) is 14.1. The number of rotatable bonds is 2. The van der Waals surface area contributed by atoms with Crippen LogP contribution in [-0.4, -0.2) is 41.1 Å². The Morgan fingerprint density at radius 3 is 2.67 bits per heavy atom. The summed E-state index contributed by atoms with van der Waals surface area (Å²) < 4.78 is 0. The van der Waals surface area contributed by atoms with Crippen molar-refractivity contribution in [1.29, 1.82) is 0 Å². The van der Waals surface area contributed by atoms with Crippen LogP contribution in [0.25, 0.3) is 0 Å². The zero-order valence-corrected chi connectivity index (χ0v) is 13.6. The molecule has 1 aromatic carbocycles. The van der Waals surface area contributed by atoms with Crippen LogP contribution in [0, 0.1) is 0 Å². The fraction of sp³-hybridized carbons (Fsp3) is 0.667. The van der Waals surface area contributed by atoms with E-state index in [2.05, 4.69) is 52.3 Å². The highest BCUT2D eigenvalue weighted by Crippen LogP contribution is 2.39. The molecule has 0 bridgehead atoms. The normalized spacial score (nSPS) is 32.8. The first-order valence-corrected chi connectivity index (χ1v) is 9.65. The summed E-state index contributed by atoms with van der Waals surface area (Å²) in [5.74, 6) is 2.68. The van der Waals surface area contributed by atoms with Crippen molar-refractivity contribution in [3.8, 4) is 0 Å². The molecule has 2 unspecified atom stereocenters. The van der Waals surface area contributed by atoms with E-state index in [1.807, 2.05) is 0 Å². The molecule has 1 aromatic rings. The number of benzene rings is 1. The van der Waals surface area contributed by atoms with Crippen LogP contribution in [0.15, 0.2) is 30.3 Å². The minimum absolute atomic E-state index is 0.429. The first-order chi connectivity index (χ1) is 10.4. The molecule has 1 spiro atoms. The lowest BCUT2D eigenvalue weighted by molar-refractivity contribution is 0.0504. The van der Waals surface area contributed by atoms with E-state index in [1.54, 1.807) is 0 Å². The van der Waals surface area contributed by atoms with Gasteiger partial charge in [-0.1, -0.05) is 43.2 Å². The monoisotopic (exact) mass is 302 g/mol. The van der Waals surface area contributed by atoms with Gasteiger partial charge in [0.05, 0.1) is 0 Å². The average Bonchev–Trinajstić information content (AvgIpc) is 3.20. The summed E-state index contributed by atoms with van der Waals surface area (Å²) in [4.78, 5) is 2.86. The highest BCUT2D eigenvalue weighted by atomic mass is 32.2. The molecule has 4 rings (SSSR count). The lowest BCUT2D eigenvalue weighted by Crippen LogP contribution is -2.62. The van der Waals surface area contributed by atoms with Crippen LogP contribution in [0.4, 0.5) is 0 Å². The molecule has 0 aromatic heterocycles. The second-order valence-electron chi connectivity index (χ2n) is 6.98. The SMILES string of the molecule is c1ccc(C2CNC3(CCCC3)CN2C2CCSC2)cc1. The lowest BCUT2D eigenvalue weighted by Gasteiger charge is -2.49. The predicted octanol–water partition coefficient (Wildman–Crippen LogP) is 3.45. The van der Waals surface area contributed by atoms with Crippen molar-refractivity contribution in [1.82, 2.24) is 10.2 Å². The number of nitrogens with one attached hydrogen (secondary N) is 1. The second kappa shape index (κ2) is 5.94. The van der Waals surface area contributed by atoms with Crippen molar-refractivity contribution in [2.24, 2.45) is 0 Å². The molecular weight excluding hydrogens is 276 g/mol. The second-order valence-corrected chi connectivity index (χ2v) is 8.13. The summed E-state index contributed by atoms with van der Waals surface area (Å²) in [6.07, 6.45) is 6.96. The molecule has 21 heavy (non-hydrogen) atoms. The van der Waals surface area contributed by atoms with Crippen LogP contribution in [0.2, 0.25) is 0 Å². The average molecular weight is 302 g/mol. The Hall–Kier alpha value is -0.510. The quantitative estimate of drug-likeness (QED) is 0.901. The Morgan fingerprint density at radius 2 is 1.95 bits per heavy atom. The van der Waals surface area contributed by atoms with Crippen LogP contribution in [0.3, 0.4) is 0 Å². The molecule has 3 heteroatoms. The number of piperazine rings is 1. The summed E-state index contributed by atoms with van der Waals surface area (Å²) in [6, 6.07) is 12.5.